The van der Waals surface area contributed by atoms with Crippen LogP contribution in [0.15, 0.2) is 0 Å². The van der Waals surface area contributed by atoms with Gasteiger partial charge in [0.05, 0.1) is 0 Å². The Morgan fingerprint density at radius 3 is 3.00 bits per heavy atom. The van der Waals surface area contributed by atoms with Crippen LogP contribution in [0.1, 0.15) is 25.7 Å². The summed E-state index contributed by atoms with van der Waals surface area (Å²) in [7, 11) is 0. The van der Waals surface area contributed by atoms with Crippen LogP contribution in [0.25, 0.3) is 0 Å². The molecule has 3 saturated carbocycles. The molecule has 3 rings (SSSR count). The highest BCUT2D eigenvalue weighted by atomic mass is 16.1. The summed E-state index contributed by atoms with van der Waals surface area (Å²) < 4.78 is 0. The van der Waals surface area contributed by atoms with E-state index in [0.717, 1.165) is 24.2 Å². The van der Waals surface area contributed by atoms with Crippen molar-refractivity contribution in [2.75, 3.05) is 0 Å². The number of rotatable bonds is 0. The molecule has 0 N–H and O–H groups in total. The molecule has 3 aliphatic rings. The summed E-state index contributed by atoms with van der Waals surface area (Å²) in [6.07, 6.45) is 5.04. The van der Waals surface area contributed by atoms with E-state index in [0.29, 0.717) is 11.7 Å². The van der Waals surface area contributed by atoms with Crippen molar-refractivity contribution in [2.45, 2.75) is 25.7 Å². The van der Waals surface area contributed by atoms with Gasteiger partial charge in [-0.25, -0.2) is 0 Å². The molecule has 3 fully saturated rings. The van der Waals surface area contributed by atoms with Crippen LogP contribution in [0.3, 0.4) is 0 Å². The zero-order valence-corrected chi connectivity index (χ0v) is 6.05. The first-order valence-corrected chi connectivity index (χ1v) is 4.39. The van der Waals surface area contributed by atoms with E-state index in [2.05, 4.69) is 0 Å². The molecule has 4 unspecified atom stereocenters. The maximum atomic E-state index is 11.3. The van der Waals surface area contributed by atoms with Crippen LogP contribution in [0, 0.1) is 23.7 Å². The van der Waals surface area contributed by atoms with Gasteiger partial charge in [-0.15, -0.1) is 0 Å². The topological polar surface area (TPSA) is 17.1 Å². The maximum Gasteiger partial charge on any atom is 0.136 e. The lowest BCUT2D eigenvalue weighted by atomic mass is 9.84. The number of fused-ring (bicyclic) bond motifs is 2. The molecule has 4 atom stereocenters. The fourth-order valence-electron chi connectivity index (χ4n) is 3.17. The minimum absolute atomic E-state index is 0.554. The first-order chi connectivity index (χ1) is 4.86. The van der Waals surface area contributed by atoms with Gasteiger partial charge in [-0.2, -0.15) is 0 Å². The van der Waals surface area contributed by atoms with E-state index in [-0.39, 0.29) is 0 Å². The summed E-state index contributed by atoms with van der Waals surface area (Å²) in [4.78, 5) is 11.3. The van der Waals surface area contributed by atoms with Gasteiger partial charge in [-0.1, -0.05) is 0 Å². The first-order valence-electron chi connectivity index (χ1n) is 4.39. The summed E-state index contributed by atoms with van der Waals surface area (Å²) in [5.74, 6) is 3.67. The third kappa shape index (κ3) is 0.480. The molecular formula is C9H12O. The largest absolute Gasteiger partial charge is 0.299 e. The molecular weight excluding hydrogens is 124 g/mol. The van der Waals surface area contributed by atoms with Gasteiger partial charge in [0.1, 0.15) is 5.78 Å². The van der Waals surface area contributed by atoms with Crippen molar-refractivity contribution < 1.29 is 4.79 Å². The van der Waals surface area contributed by atoms with E-state index in [1.165, 1.54) is 19.3 Å². The predicted molar refractivity (Wildman–Crippen MR) is 37.4 cm³/mol. The smallest absolute Gasteiger partial charge is 0.136 e. The Balaban J connectivity index is 1.98. The molecule has 3 aliphatic carbocycles. The molecule has 10 heavy (non-hydrogen) atoms. The summed E-state index contributed by atoms with van der Waals surface area (Å²) in [6.45, 7) is 0. The second kappa shape index (κ2) is 1.46. The van der Waals surface area contributed by atoms with Crippen molar-refractivity contribution in [3.05, 3.63) is 0 Å². The third-order valence-electron chi connectivity index (χ3n) is 3.71. The molecule has 1 heteroatoms. The Morgan fingerprint density at radius 1 is 1.20 bits per heavy atom. The molecule has 0 aromatic carbocycles. The Bertz CT molecular complexity index is 191. The molecule has 0 aromatic heterocycles. The highest BCUT2D eigenvalue weighted by Crippen LogP contribution is 2.61. The van der Waals surface area contributed by atoms with Crippen molar-refractivity contribution in [1.82, 2.24) is 0 Å². The van der Waals surface area contributed by atoms with Crippen molar-refractivity contribution in [2.24, 2.45) is 23.7 Å². The summed E-state index contributed by atoms with van der Waals surface area (Å²) in [5, 5.41) is 0. The van der Waals surface area contributed by atoms with Gasteiger partial charge in [0.2, 0.25) is 0 Å². The van der Waals surface area contributed by atoms with Gasteiger partial charge in [0, 0.05) is 12.3 Å². The van der Waals surface area contributed by atoms with Crippen LogP contribution >= 0.6 is 0 Å². The van der Waals surface area contributed by atoms with Crippen molar-refractivity contribution in [3.63, 3.8) is 0 Å². The van der Waals surface area contributed by atoms with E-state index in [4.69, 9.17) is 0 Å². The van der Waals surface area contributed by atoms with E-state index in [9.17, 15) is 4.79 Å². The standard InChI is InChI=1S/C9H12O/c10-8-4-5-1-2-6-7(3-5)9(6)8/h5-7,9H,1-4H2. The van der Waals surface area contributed by atoms with E-state index >= 15 is 0 Å². The molecule has 0 heterocycles. The molecule has 1 nitrogen and oxygen atoms in total. The highest BCUT2D eigenvalue weighted by Gasteiger charge is 2.59. The Hall–Kier alpha value is -0.330. The van der Waals surface area contributed by atoms with E-state index in [1.54, 1.807) is 0 Å². The zero-order valence-electron chi connectivity index (χ0n) is 6.05. The molecule has 0 amide bonds. The summed E-state index contributed by atoms with van der Waals surface area (Å²) in [5.41, 5.74) is 0. The summed E-state index contributed by atoms with van der Waals surface area (Å²) >= 11 is 0. The van der Waals surface area contributed by atoms with E-state index < -0.39 is 0 Å². The number of Topliss-reactive ketones (excluding diaryl/α,β-unsaturated/α-hetero) is 1. The molecule has 0 spiro atoms. The number of hydrogen-bond acceptors (Lipinski definition) is 1. The Labute approximate surface area is 60.8 Å². The van der Waals surface area contributed by atoms with Gasteiger partial charge in [-0.3, -0.25) is 4.79 Å². The van der Waals surface area contributed by atoms with Crippen molar-refractivity contribution >= 4 is 5.78 Å². The van der Waals surface area contributed by atoms with Crippen molar-refractivity contribution in [3.8, 4) is 0 Å². The number of carbonyl (C=O) groups is 1. The maximum absolute atomic E-state index is 11.3. The van der Waals surface area contributed by atoms with Crippen LogP contribution in [0.4, 0.5) is 0 Å². The number of ketones is 1. The second-order valence-corrected chi connectivity index (χ2v) is 4.20. The average Bonchev–Trinajstić information content (AvgIpc) is 2.62. The van der Waals surface area contributed by atoms with Crippen LogP contribution in [-0.4, -0.2) is 5.78 Å². The fourth-order valence-corrected chi connectivity index (χ4v) is 3.17. The molecule has 0 aliphatic heterocycles. The van der Waals surface area contributed by atoms with Gasteiger partial charge in [-0.05, 0) is 37.0 Å². The second-order valence-electron chi connectivity index (χ2n) is 4.20. The third-order valence-corrected chi connectivity index (χ3v) is 3.71. The minimum atomic E-state index is 0.554. The minimum Gasteiger partial charge on any atom is -0.299 e. The molecule has 2 bridgehead atoms. The van der Waals surface area contributed by atoms with Gasteiger partial charge in [0.25, 0.3) is 0 Å². The molecule has 0 saturated heterocycles. The van der Waals surface area contributed by atoms with Crippen LogP contribution in [-0.2, 0) is 4.79 Å². The lowest BCUT2D eigenvalue weighted by Crippen LogP contribution is -2.17. The number of carbonyl (C=O) groups excluding carboxylic acids is 1. The van der Waals surface area contributed by atoms with Crippen LogP contribution in [0.5, 0.6) is 0 Å². The lowest BCUT2D eigenvalue weighted by molar-refractivity contribution is -0.122. The normalized spacial score (nSPS) is 56.6. The van der Waals surface area contributed by atoms with Crippen molar-refractivity contribution in [1.29, 1.82) is 0 Å². The molecule has 0 aromatic rings. The van der Waals surface area contributed by atoms with Gasteiger partial charge >= 0.3 is 0 Å². The average molecular weight is 136 g/mol. The Morgan fingerprint density at radius 2 is 2.10 bits per heavy atom. The SMILES string of the molecule is O=C1CC2CCC3C(C2)C13. The zero-order chi connectivity index (χ0) is 6.72. The quantitative estimate of drug-likeness (QED) is 0.494. The highest BCUT2D eigenvalue weighted by molar-refractivity contribution is 5.86. The molecule has 54 valence electrons. The predicted octanol–water partition coefficient (Wildman–Crippen LogP) is 1.62. The van der Waals surface area contributed by atoms with Gasteiger partial charge < -0.3 is 0 Å². The monoisotopic (exact) mass is 136 g/mol. The number of hydrogen-bond donors (Lipinski definition) is 0. The lowest BCUT2D eigenvalue weighted by Gasteiger charge is -2.20. The Kier molecular flexibility index (Phi) is 0.781. The van der Waals surface area contributed by atoms with Crippen LogP contribution in [0.2, 0.25) is 0 Å². The molecule has 0 radical (unpaired) electrons. The summed E-state index contributed by atoms with van der Waals surface area (Å²) in [6, 6.07) is 0. The van der Waals surface area contributed by atoms with Gasteiger partial charge in [0.15, 0.2) is 0 Å². The van der Waals surface area contributed by atoms with Crippen LogP contribution < -0.4 is 0 Å². The fraction of sp³-hybridized carbons (Fsp3) is 0.889. The van der Waals surface area contributed by atoms with E-state index in [1.807, 2.05) is 0 Å². The first kappa shape index (κ1) is 5.34.